The van der Waals surface area contributed by atoms with Crippen LogP contribution in [0.25, 0.3) is 0 Å². The van der Waals surface area contributed by atoms with Gasteiger partial charge in [-0.2, -0.15) is 8.78 Å². The van der Waals surface area contributed by atoms with Crippen LogP contribution in [0.5, 0.6) is 0 Å². The molecule has 0 bridgehead atoms. The third-order valence-electron chi connectivity index (χ3n) is 4.93. The Kier molecular flexibility index (Phi) is 8.19. The van der Waals surface area contributed by atoms with Crippen molar-refractivity contribution in [1.82, 2.24) is 4.90 Å². The van der Waals surface area contributed by atoms with E-state index in [2.05, 4.69) is 0 Å². The first-order valence-corrected chi connectivity index (χ1v) is 9.33. The smallest absolute Gasteiger partial charge is 0.410 e. The average Bonchev–Trinajstić information content (AvgIpc) is 2.71. The number of aliphatic hydroxyl groups excluding tert-OH is 1. The second-order valence-corrected chi connectivity index (χ2v) is 6.44. The van der Waals surface area contributed by atoms with E-state index in [-0.39, 0.29) is 37.2 Å². The Morgan fingerprint density at radius 3 is 2.00 bits per heavy atom. The second-order valence-electron chi connectivity index (χ2n) is 6.44. The summed E-state index contributed by atoms with van der Waals surface area (Å²) in [6.07, 6.45) is -3.87. The highest BCUT2D eigenvalue weighted by Crippen LogP contribution is 2.39. The minimum Gasteiger partial charge on any atom is -0.435 e. The van der Waals surface area contributed by atoms with Gasteiger partial charge in [0.2, 0.25) is 5.78 Å². The molecule has 162 valence electrons. The molecule has 1 atom stereocenters. The van der Waals surface area contributed by atoms with Crippen molar-refractivity contribution in [2.24, 2.45) is 0 Å². The number of ether oxygens (including phenoxy) is 1. The second kappa shape index (κ2) is 9.73. The van der Waals surface area contributed by atoms with E-state index in [1.165, 1.54) is 18.7 Å². The van der Waals surface area contributed by atoms with Gasteiger partial charge in [0.25, 0.3) is 5.69 Å². The summed E-state index contributed by atoms with van der Waals surface area (Å²) >= 11 is 0. The van der Waals surface area contributed by atoms with Gasteiger partial charge in [0.15, 0.2) is 11.7 Å². The summed E-state index contributed by atoms with van der Waals surface area (Å²) in [7, 11) is 0. The number of hydrogen-bond acceptors (Lipinski definition) is 6. The van der Waals surface area contributed by atoms with Crippen molar-refractivity contribution >= 4 is 17.6 Å². The maximum atomic E-state index is 14.9. The lowest BCUT2D eigenvalue weighted by atomic mass is 9.85. The van der Waals surface area contributed by atoms with Gasteiger partial charge in [0.05, 0.1) is 4.92 Å². The summed E-state index contributed by atoms with van der Waals surface area (Å²) in [6.45, 7) is 6.78. The number of halogens is 2. The van der Waals surface area contributed by atoms with Gasteiger partial charge in [-0.15, -0.1) is 0 Å². The molecular weight excluding hydrogens is 390 g/mol. The van der Waals surface area contributed by atoms with Crippen molar-refractivity contribution in [2.75, 3.05) is 13.1 Å². The molecule has 1 N–H and O–H groups in total. The Balaban J connectivity index is 3.22. The molecule has 0 aliphatic heterocycles. The molecule has 29 heavy (non-hydrogen) atoms. The lowest BCUT2D eigenvalue weighted by molar-refractivity contribution is -0.384. The van der Waals surface area contributed by atoms with Gasteiger partial charge >= 0.3 is 12.0 Å². The third kappa shape index (κ3) is 5.06. The number of alkyl halides is 2. The van der Waals surface area contributed by atoms with Crippen molar-refractivity contribution in [1.29, 1.82) is 0 Å². The van der Waals surface area contributed by atoms with E-state index in [9.17, 15) is 33.6 Å². The van der Waals surface area contributed by atoms with Crippen molar-refractivity contribution in [3.05, 3.63) is 39.9 Å². The van der Waals surface area contributed by atoms with Crippen LogP contribution in [-0.4, -0.2) is 51.4 Å². The van der Waals surface area contributed by atoms with Crippen LogP contribution in [0, 0.1) is 10.1 Å². The zero-order valence-electron chi connectivity index (χ0n) is 16.9. The number of hydrogen-bond donors (Lipinski definition) is 1. The van der Waals surface area contributed by atoms with Gasteiger partial charge in [-0.25, -0.2) is 4.79 Å². The molecular formula is C19H26F2N2O6. The van der Waals surface area contributed by atoms with Crippen LogP contribution in [0.1, 0.15) is 52.2 Å². The van der Waals surface area contributed by atoms with Gasteiger partial charge in [-0.05, 0) is 44.4 Å². The molecule has 10 heteroatoms. The number of nitro groups is 1. The van der Waals surface area contributed by atoms with Crippen LogP contribution >= 0.6 is 0 Å². The Hall–Kier alpha value is -2.62. The fourth-order valence-electron chi connectivity index (χ4n) is 2.89. The topological polar surface area (TPSA) is 110 Å². The van der Waals surface area contributed by atoms with Gasteiger partial charge in [-0.3, -0.25) is 14.9 Å². The highest BCUT2D eigenvalue weighted by atomic mass is 19.3. The van der Waals surface area contributed by atoms with Crippen LogP contribution in [0.2, 0.25) is 0 Å². The van der Waals surface area contributed by atoms with E-state index in [1.54, 1.807) is 13.8 Å². The number of amides is 1. The summed E-state index contributed by atoms with van der Waals surface area (Å²) < 4.78 is 35.0. The van der Waals surface area contributed by atoms with Crippen molar-refractivity contribution in [3.63, 3.8) is 0 Å². The van der Waals surface area contributed by atoms with Gasteiger partial charge in [0.1, 0.15) is 0 Å². The third-order valence-corrected chi connectivity index (χ3v) is 4.93. The van der Waals surface area contributed by atoms with E-state index >= 15 is 0 Å². The highest BCUT2D eigenvalue weighted by molar-refractivity contribution is 5.95. The molecule has 1 unspecified atom stereocenters. The molecule has 0 aliphatic rings. The Labute approximate surface area is 167 Å². The minimum absolute atomic E-state index is 0.210. The van der Waals surface area contributed by atoms with E-state index < -0.39 is 34.4 Å². The maximum Gasteiger partial charge on any atom is 0.410 e. The first-order chi connectivity index (χ1) is 13.5. The van der Waals surface area contributed by atoms with Crippen molar-refractivity contribution in [3.8, 4) is 0 Å². The number of carbonyl (C=O) groups is 2. The first-order valence-electron chi connectivity index (χ1n) is 9.33. The van der Waals surface area contributed by atoms with Gasteiger partial charge in [-0.1, -0.05) is 13.8 Å². The predicted molar refractivity (Wildman–Crippen MR) is 101 cm³/mol. The summed E-state index contributed by atoms with van der Waals surface area (Å²) in [5, 5.41) is 20.8. The van der Waals surface area contributed by atoms with Crippen LogP contribution in [0.15, 0.2) is 24.3 Å². The average molecular weight is 416 g/mol. The Morgan fingerprint density at radius 2 is 1.62 bits per heavy atom. The molecule has 1 aromatic carbocycles. The van der Waals surface area contributed by atoms with Crippen molar-refractivity contribution < 1.29 is 33.1 Å². The zero-order chi connectivity index (χ0) is 22.4. The molecule has 1 amide bonds. The fraction of sp³-hybridized carbons (Fsp3) is 0.579. The molecule has 1 aromatic rings. The number of nitro benzene ring substituents is 1. The number of nitrogens with zero attached hydrogens (tertiary/aromatic N) is 2. The van der Waals surface area contributed by atoms with E-state index in [4.69, 9.17) is 4.74 Å². The molecule has 0 spiro atoms. The van der Waals surface area contributed by atoms with Gasteiger partial charge < -0.3 is 14.7 Å². The molecule has 0 fully saturated rings. The lowest BCUT2D eigenvalue weighted by Gasteiger charge is -2.36. The molecule has 0 aromatic heterocycles. The number of rotatable bonds is 10. The molecule has 8 nitrogen and oxygen atoms in total. The summed E-state index contributed by atoms with van der Waals surface area (Å²) in [5.74, 6) is -6.01. The fourth-order valence-corrected chi connectivity index (χ4v) is 2.89. The SMILES string of the molecule is CCN(CC)C(=O)OC(CC)(CC)C(=O)C(F)(F)C(O)c1ccc([N+](=O)[O-])cc1. The van der Waals surface area contributed by atoms with E-state index in [0.717, 1.165) is 24.3 Å². The number of ketones is 1. The normalized spacial score (nSPS) is 12.9. The summed E-state index contributed by atoms with van der Waals surface area (Å²) in [6, 6.07) is 3.80. The number of carbonyl (C=O) groups excluding carboxylic acids is 2. The molecule has 0 radical (unpaired) electrons. The van der Waals surface area contributed by atoms with Crippen LogP contribution < -0.4 is 0 Å². The summed E-state index contributed by atoms with van der Waals surface area (Å²) in [5.41, 5.74) is -2.84. The zero-order valence-corrected chi connectivity index (χ0v) is 16.9. The molecule has 0 saturated heterocycles. The number of aliphatic hydroxyl groups is 1. The van der Waals surface area contributed by atoms with Gasteiger partial charge in [0, 0.05) is 25.2 Å². The molecule has 0 saturated carbocycles. The summed E-state index contributed by atoms with van der Waals surface area (Å²) in [4.78, 5) is 36.3. The Morgan fingerprint density at radius 1 is 1.14 bits per heavy atom. The number of benzene rings is 1. The standard InChI is InChI=1S/C19H26F2N2O6/c1-5-18(6-2,29-17(26)22(7-3)8-4)16(25)19(20,21)15(24)13-9-11-14(12-10-13)23(27)28/h9-12,15,24H,5-8H2,1-4H3. The quantitative estimate of drug-likeness (QED) is 0.458. The monoisotopic (exact) mass is 416 g/mol. The molecule has 1 rings (SSSR count). The first kappa shape index (κ1) is 24.4. The molecule has 0 heterocycles. The molecule has 0 aliphatic carbocycles. The van der Waals surface area contributed by atoms with E-state index in [0.29, 0.717) is 0 Å². The van der Waals surface area contributed by atoms with Crippen molar-refractivity contribution in [2.45, 2.75) is 58.2 Å². The minimum atomic E-state index is -4.29. The van der Waals surface area contributed by atoms with Crippen LogP contribution in [0.3, 0.4) is 0 Å². The Bertz CT molecular complexity index is 731. The largest absolute Gasteiger partial charge is 0.435 e. The predicted octanol–water partition coefficient (Wildman–Crippen LogP) is 3.87. The van der Waals surface area contributed by atoms with E-state index in [1.807, 2.05) is 0 Å². The van der Waals surface area contributed by atoms with Crippen LogP contribution in [0.4, 0.5) is 19.3 Å². The lowest BCUT2D eigenvalue weighted by Crippen LogP contribution is -2.54. The number of non-ortho nitro benzene ring substituents is 1. The number of Topliss-reactive ketones (excluding diaryl/α,β-unsaturated/α-hetero) is 1. The maximum absolute atomic E-state index is 14.9. The van der Waals surface area contributed by atoms with Crippen LogP contribution in [-0.2, 0) is 9.53 Å². The highest BCUT2D eigenvalue weighted by Gasteiger charge is 2.57.